The number of hydrogen-bond donors (Lipinski definition) is 3. The summed E-state index contributed by atoms with van der Waals surface area (Å²) >= 11 is 0. The molecule has 3 N–H and O–H groups in total. The van der Waals surface area contributed by atoms with Crippen LogP contribution in [0, 0.1) is 18.3 Å². The van der Waals surface area contributed by atoms with Crippen LogP contribution in [0.5, 0.6) is 17.2 Å². The summed E-state index contributed by atoms with van der Waals surface area (Å²) in [5.41, 5.74) is 1.37. The molecule has 0 unspecified atom stereocenters. The zero-order valence-electron chi connectivity index (χ0n) is 20.5. The predicted molar refractivity (Wildman–Crippen MR) is 143 cm³/mol. The van der Waals surface area contributed by atoms with E-state index in [1.54, 1.807) is 36.4 Å². The molecule has 0 radical (unpaired) electrons. The van der Waals surface area contributed by atoms with E-state index in [4.69, 9.17) is 9.47 Å². The zero-order chi connectivity index (χ0) is 26.8. The van der Waals surface area contributed by atoms with Gasteiger partial charge in [-0.2, -0.15) is 5.26 Å². The summed E-state index contributed by atoms with van der Waals surface area (Å²) in [6.45, 7) is 1.85. The van der Waals surface area contributed by atoms with Crippen molar-refractivity contribution in [3.63, 3.8) is 0 Å². The van der Waals surface area contributed by atoms with Gasteiger partial charge < -0.3 is 24.9 Å². The summed E-state index contributed by atoms with van der Waals surface area (Å²) in [6, 6.07) is 21.1. The van der Waals surface area contributed by atoms with E-state index < -0.39 is 11.5 Å². The Morgan fingerprint density at radius 3 is 2.61 bits per heavy atom. The third-order valence-electron chi connectivity index (χ3n) is 6.17. The topological polar surface area (TPSA) is 137 Å². The SMILES string of the molecule is COc1ccc(NC(=O)c2[nH]c(=O)c3ccccc3c2O)c(C#N)c1COc1cccc2ccc(C)nc12. The molecule has 1 amide bonds. The molecule has 5 aromatic rings. The van der Waals surface area contributed by atoms with Crippen molar-refractivity contribution in [2.75, 3.05) is 12.4 Å². The van der Waals surface area contributed by atoms with Gasteiger partial charge >= 0.3 is 0 Å². The van der Waals surface area contributed by atoms with Crippen molar-refractivity contribution >= 4 is 33.3 Å². The summed E-state index contributed by atoms with van der Waals surface area (Å²) in [5.74, 6) is -0.226. The van der Waals surface area contributed by atoms with Crippen molar-refractivity contribution in [1.82, 2.24) is 9.97 Å². The highest BCUT2D eigenvalue weighted by Gasteiger charge is 2.21. The van der Waals surface area contributed by atoms with Crippen LogP contribution >= 0.6 is 0 Å². The average molecular weight is 507 g/mol. The van der Waals surface area contributed by atoms with Crippen molar-refractivity contribution in [2.45, 2.75) is 13.5 Å². The van der Waals surface area contributed by atoms with E-state index >= 15 is 0 Å². The standard InChI is InChI=1S/C29H22N4O5/c1-16-10-11-17-6-5-9-24(25(17)31-16)38-15-21-20(14-30)22(12-13-23(21)37-2)32-29(36)26-27(34)18-7-3-4-8-19(18)28(35)33-26/h3-13,34H,15H2,1-2H3,(H,32,36)(H,33,35). The molecular formula is C29H22N4O5. The fourth-order valence-electron chi connectivity index (χ4n) is 4.29. The molecule has 3 aromatic carbocycles. The van der Waals surface area contributed by atoms with E-state index in [1.807, 2.05) is 31.2 Å². The van der Waals surface area contributed by atoms with Gasteiger partial charge in [-0.05, 0) is 37.3 Å². The van der Waals surface area contributed by atoms with Crippen LogP contribution in [0.1, 0.15) is 27.3 Å². The molecular weight excluding hydrogens is 484 g/mol. The number of hydrogen-bond acceptors (Lipinski definition) is 7. The normalized spacial score (nSPS) is 10.8. The molecule has 0 atom stereocenters. The molecule has 0 bridgehead atoms. The third-order valence-corrected chi connectivity index (χ3v) is 6.17. The highest BCUT2D eigenvalue weighted by atomic mass is 16.5. The molecule has 0 spiro atoms. The monoisotopic (exact) mass is 506 g/mol. The number of carbonyl (C=O) groups is 1. The number of aromatic amines is 1. The first-order valence-electron chi connectivity index (χ1n) is 11.7. The lowest BCUT2D eigenvalue weighted by molar-refractivity contribution is 0.101. The Bertz CT molecular complexity index is 1820. The Hall–Kier alpha value is -5.36. The highest BCUT2D eigenvalue weighted by molar-refractivity contribution is 6.08. The molecule has 38 heavy (non-hydrogen) atoms. The number of nitriles is 1. The van der Waals surface area contributed by atoms with Crippen LogP contribution in [-0.4, -0.2) is 28.1 Å². The second-order valence-corrected chi connectivity index (χ2v) is 8.53. The third kappa shape index (κ3) is 4.35. The lowest BCUT2D eigenvalue weighted by Gasteiger charge is -2.16. The molecule has 0 aliphatic carbocycles. The zero-order valence-corrected chi connectivity index (χ0v) is 20.5. The fourth-order valence-corrected chi connectivity index (χ4v) is 4.29. The lowest BCUT2D eigenvalue weighted by atomic mass is 10.0. The number of amides is 1. The molecule has 188 valence electrons. The van der Waals surface area contributed by atoms with Crippen molar-refractivity contribution < 1.29 is 19.4 Å². The Kier molecular flexibility index (Phi) is 6.37. The van der Waals surface area contributed by atoms with Gasteiger partial charge in [0.2, 0.25) is 0 Å². The van der Waals surface area contributed by atoms with Crippen molar-refractivity contribution in [1.29, 1.82) is 5.26 Å². The molecule has 2 heterocycles. The Labute approximate surface area is 216 Å². The molecule has 0 fully saturated rings. The van der Waals surface area contributed by atoms with E-state index in [2.05, 4.69) is 21.4 Å². The highest BCUT2D eigenvalue weighted by Crippen LogP contribution is 2.32. The molecule has 0 saturated carbocycles. The number of H-pyrrole nitrogens is 1. The first kappa shape index (κ1) is 24.3. The number of methoxy groups -OCH3 is 1. The number of fused-ring (bicyclic) bond motifs is 2. The number of carbonyl (C=O) groups excluding carboxylic acids is 1. The summed E-state index contributed by atoms with van der Waals surface area (Å²) < 4.78 is 11.5. The minimum Gasteiger partial charge on any atom is -0.505 e. The number of aryl methyl sites for hydroxylation is 1. The Morgan fingerprint density at radius 2 is 1.84 bits per heavy atom. The Balaban J connectivity index is 1.50. The number of anilines is 1. The summed E-state index contributed by atoms with van der Waals surface area (Å²) in [4.78, 5) is 32.6. The van der Waals surface area contributed by atoms with Gasteiger partial charge in [0.05, 0.1) is 29.3 Å². The second-order valence-electron chi connectivity index (χ2n) is 8.53. The average Bonchev–Trinajstić information content (AvgIpc) is 2.93. The van der Waals surface area contributed by atoms with Crippen LogP contribution in [0.2, 0.25) is 0 Å². The molecule has 0 aliphatic heterocycles. The number of ether oxygens (including phenoxy) is 2. The van der Waals surface area contributed by atoms with Gasteiger partial charge in [-0.3, -0.25) is 9.59 Å². The molecule has 9 heteroatoms. The maximum Gasteiger partial charge on any atom is 0.276 e. The maximum atomic E-state index is 13.1. The van der Waals surface area contributed by atoms with Crippen LogP contribution < -0.4 is 20.3 Å². The number of nitrogens with zero attached hydrogens (tertiary/aromatic N) is 2. The molecule has 0 saturated heterocycles. The van der Waals surface area contributed by atoms with Crippen LogP contribution in [-0.2, 0) is 6.61 Å². The van der Waals surface area contributed by atoms with Crippen molar-refractivity contribution in [2.24, 2.45) is 0 Å². The first-order chi connectivity index (χ1) is 18.4. The van der Waals surface area contributed by atoms with Gasteiger partial charge in [0.1, 0.15) is 29.7 Å². The quantitative estimate of drug-likeness (QED) is 0.301. The number of rotatable bonds is 6. The number of aromatic hydroxyl groups is 1. The van der Waals surface area contributed by atoms with Crippen LogP contribution in [0.4, 0.5) is 5.69 Å². The van der Waals surface area contributed by atoms with Crippen molar-refractivity contribution in [3.05, 3.63) is 99.6 Å². The van der Waals surface area contributed by atoms with Gasteiger partial charge in [-0.15, -0.1) is 0 Å². The molecule has 9 nitrogen and oxygen atoms in total. The Morgan fingerprint density at radius 1 is 1.05 bits per heavy atom. The number of aromatic nitrogens is 2. The lowest BCUT2D eigenvalue weighted by Crippen LogP contribution is -2.20. The molecule has 2 aromatic heterocycles. The predicted octanol–water partition coefficient (Wildman–Crippen LogP) is 4.80. The molecule has 0 aliphatic rings. The van der Waals surface area contributed by atoms with E-state index in [9.17, 15) is 20.0 Å². The maximum absolute atomic E-state index is 13.1. The largest absolute Gasteiger partial charge is 0.505 e. The smallest absolute Gasteiger partial charge is 0.276 e. The van der Waals surface area contributed by atoms with Gasteiger partial charge in [0, 0.05) is 16.5 Å². The first-order valence-corrected chi connectivity index (χ1v) is 11.7. The van der Waals surface area contributed by atoms with Gasteiger partial charge in [-0.1, -0.05) is 36.4 Å². The summed E-state index contributed by atoms with van der Waals surface area (Å²) in [6.07, 6.45) is 0. The van der Waals surface area contributed by atoms with E-state index in [0.717, 1.165) is 11.1 Å². The number of pyridine rings is 2. The van der Waals surface area contributed by atoms with Crippen LogP contribution in [0.25, 0.3) is 21.7 Å². The fraction of sp³-hybridized carbons (Fsp3) is 0.103. The van der Waals surface area contributed by atoms with Crippen LogP contribution in [0.15, 0.2) is 71.5 Å². The van der Waals surface area contributed by atoms with E-state index in [1.165, 1.54) is 13.2 Å². The van der Waals surface area contributed by atoms with Gasteiger partial charge in [-0.25, -0.2) is 4.98 Å². The van der Waals surface area contributed by atoms with Crippen molar-refractivity contribution in [3.8, 4) is 23.3 Å². The second kappa shape index (κ2) is 9.95. The van der Waals surface area contributed by atoms with Gasteiger partial charge in [0.25, 0.3) is 11.5 Å². The number of para-hydroxylation sites is 1. The summed E-state index contributed by atoms with van der Waals surface area (Å²) in [7, 11) is 1.47. The summed E-state index contributed by atoms with van der Waals surface area (Å²) in [5, 5.41) is 24.7. The molecule has 5 rings (SSSR count). The van der Waals surface area contributed by atoms with Crippen LogP contribution in [0.3, 0.4) is 0 Å². The van der Waals surface area contributed by atoms with E-state index in [-0.39, 0.29) is 40.1 Å². The number of nitrogens with one attached hydrogen (secondary N) is 2. The van der Waals surface area contributed by atoms with E-state index in [0.29, 0.717) is 22.6 Å². The minimum atomic E-state index is -0.785. The minimum absolute atomic E-state index is 0.0391. The van der Waals surface area contributed by atoms with Gasteiger partial charge in [0.15, 0.2) is 11.4 Å². The number of benzene rings is 3.